The molecule has 0 bridgehead atoms. The molecule has 86 valence electrons. The van der Waals surface area contributed by atoms with Crippen LogP contribution in [0.2, 0.25) is 0 Å². The van der Waals surface area contributed by atoms with Crippen LogP contribution in [0.15, 0.2) is 18.3 Å². The SMILES string of the molecule is Nc1[nH]ncc1CNC(=O)CC1C=CCC1. The smallest absolute Gasteiger partial charge is 0.220 e. The molecule has 1 unspecified atom stereocenters. The van der Waals surface area contributed by atoms with E-state index in [0.717, 1.165) is 18.4 Å². The molecule has 0 saturated heterocycles. The standard InChI is InChI=1S/C11H16N4O/c12-11-9(7-14-15-11)6-13-10(16)5-8-3-1-2-4-8/h1,3,7-8H,2,4-6H2,(H,13,16)(H3,12,14,15). The third-order valence-electron chi connectivity index (χ3n) is 2.79. The quantitative estimate of drug-likeness (QED) is 0.661. The fourth-order valence-corrected chi connectivity index (χ4v) is 1.83. The maximum atomic E-state index is 11.6. The minimum Gasteiger partial charge on any atom is -0.384 e. The fraction of sp³-hybridized carbons (Fsp3) is 0.455. The maximum absolute atomic E-state index is 11.6. The molecule has 16 heavy (non-hydrogen) atoms. The monoisotopic (exact) mass is 220 g/mol. The van der Waals surface area contributed by atoms with Crippen molar-refractivity contribution < 1.29 is 4.79 Å². The number of nitrogen functional groups attached to an aromatic ring is 1. The molecule has 1 heterocycles. The number of allylic oxidation sites excluding steroid dienone is 2. The molecule has 1 aliphatic carbocycles. The molecule has 0 saturated carbocycles. The Kier molecular flexibility index (Phi) is 3.24. The minimum atomic E-state index is 0.0668. The molecular formula is C11H16N4O. The molecule has 0 aromatic carbocycles. The summed E-state index contributed by atoms with van der Waals surface area (Å²) in [7, 11) is 0. The predicted molar refractivity (Wildman–Crippen MR) is 61.3 cm³/mol. The Balaban J connectivity index is 1.75. The highest BCUT2D eigenvalue weighted by Gasteiger charge is 2.13. The first-order chi connectivity index (χ1) is 7.75. The topological polar surface area (TPSA) is 83.8 Å². The molecule has 1 aromatic heterocycles. The van der Waals surface area contributed by atoms with E-state index in [2.05, 4.69) is 27.7 Å². The van der Waals surface area contributed by atoms with Crippen molar-refractivity contribution in [2.45, 2.75) is 25.8 Å². The Morgan fingerprint density at radius 1 is 1.69 bits per heavy atom. The van der Waals surface area contributed by atoms with E-state index in [4.69, 9.17) is 5.73 Å². The highest BCUT2D eigenvalue weighted by atomic mass is 16.1. The molecule has 5 heteroatoms. The van der Waals surface area contributed by atoms with Crippen molar-refractivity contribution in [1.29, 1.82) is 0 Å². The van der Waals surface area contributed by atoms with E-state index in [1.165, 1.54) is 0 Å². The summed E-state index contributed by atoms with van der Waals surface area (Å²) >= 11 is 0. The van der Waals surface area contributed by atoms with Crippen LogP contribution in [0.5, 0.6) is 0 Å². The number of aromatic amines is 1. The van der Waals surface area contributed by atoms with Crippen LogP contribution in [0.3, 0.4) is 0 Å². The average Bonchev–Trinajstić information content (AvgIpc) is 2.87. The summed E-state index contributed by atoms with van der Waals surface area (Å²) in [5, 5.41) is 9.26. The molecule has 1 atom stereocenters. The summed E-state index contributed by atoms with van der Waals surface area (Å²) in [6.07, 6.45) is 8.62. The lowest BCUT2D eigenvalue weighted by Crippen LogP contribution is -2.24. The van der Waals surface area contributed by atoms with Gasteiger partial charge in [-0.25, -0.2) is 0 Å². The number of rotatable bonds is 4. The number of carbonyl (C=O) groups is 1. The zero-order chi connectivity index (χ0) is 11.4. The molecule has 1 amide bonds. The van der Waals surface area contributed by atoms with Gasteiger partial charge in [-0.3, -0.25) is 9.89 Å². The van der Waals surface area contributed by atoms with Crippen LogP contribution < -0.4 is 11.1 Å². The zero-order valence-electron chi connectivity index (χ0n) is 9.07. The first kappa shape index (κ1) is 10.7. The number of nitrogens with zero attached hydrogens (tertiary/aromatic N) is 1. The van der Waals surface area contributed by atoms with Crippen LogP contribution in [0, 0.1) is 5.92 Å². The lowest BCUT2D eigenvalue weighted by Gasteiger charge is -2.08. The second-order valence-electron chi connectivity index (χ2n) is 4.06. The highest BCUT2D eigenvalue weighted by Crippen LogP contribution is 2.20. The Morgan fingerprint density at radius 2 is 2.56 bits per heavy atom. The number of H-pyrrole nitrogens is 1. The van der Waals surface area contributed by atoms with E-state index in [9.17, 15) is 4.79 Å². The van der Waals surface area contributed by atoms with E-state index < -0.39 is 0 Å². The summed E-state index contributed by atoms with van der Waals surface area (Å²) in [6.45, 7) is 0.442. The highest BCUT2D eigenvalue weighted by molar-refractivity contribution is 5.76. The van der Waals surface area contributed by atoms with Crippen LogP contribution >= 0.6 is 0 Å². The molecule has 0 spiro atoms. The van der Waals surface area contributed by atoms with Crippen molar-refractivity contribution in [2.24, 2.45) is 5.92 Å². The molecule has 0 radical (unpaired) electrons. The largest absolute Gasteiger partial charge is 0.384 e. The van der Waals surface area contributed by atoms with Crippen molar-refractivity contribution in [3.63, 3.8) is 0 Å². The van der Waals surface area contributed by atoms with E-state index in [-0.39, 0.29) is 5.91 Å². The summed E-state index contributed by atoms with van der Waals surface area (Å²) in [6, 6.07) is 0. The van der Waals surface area contributed by atoms with E-state index in [1.54, 1.807) is 6.20 Å². The van der Waals surface area contributed by atoms with Gasteiger partial charge < -0.3 is 11.1 Å². The molecular weight excluding hydrogens is 204 g/mol. The van der Waals surface area contributed by atoms with Crippen LogP contribution in [-0.2, 0) is 11.3 Å². The maximum Gasteiger partial charge on any atom is 0.220 e. The van der Waals surface area contributed by atoms with Gasteiger partial charge in [-0.2, -0.15) is 5.10 Å². The third-order valence-corrected chi connectivity index (χ3v) is 2.79. The third kappa shape index (κ3) is 2.62. The number of hydrogen-bond acceptors (Lipinski definition) is 3. The number of amides is 1. The van der Waals surface area contributed by atoms with Gasteiger partial charge in [0.1, 0.15) is 5.82 Å². The van der Waals surface area contributed by atoms with Gasteiger partial charge in [0.15, 0.2) is 0 Å². The van der Waals surface area contributed by atoms with Crippen LogP contribution in [0.25, 0.3) is 0 Å². The second-order valence-corrected chi connectivity index (χ2v) is 4.06. The molecule has 0 aliphatic heterocycles. The van der Waals surface area contributed by atoms with E-state index >= 15 is 0 Å². The van der Waals surface area contributed by atoms with Crippen molar-refractivity contribution in [3.8, 4) is 0 Å². The van der Waals surface area contributed by atoms with Gasteiger partial charge >= 0.3 is 0 Å². The molecule has 4 N–H and O–H groups in total. The summed E-state index contributed by atoms with van der Waals surface area (Å²) in [5.41, 5.74) is 6.44. The van der Waals surface area contributed by atoms with Crippen molar-refractivity contribution in [2.75, 3.05) is 5.73 Å². The van der Waals surface area contributed by atoms with Gasteiger partial charge in [0.05, 0.1) is 6.20 Å². The Labute approximate surface area is 94.1 Å². The number of carbonyl (C=O) groups excluding carboxylic acids is 1. The minimum absolute atomic E-state index is 0.0668. The Hall–Kier alpha value is -1.78. The predicted octanol–water partition coefficient (Wildman–Crippen LogP) is 0.964. The molecule has 2 rings (SSSR count). The van der Waals surface area contributed by atoms with E-state index in [1.807, 2.05) is 0 Å². The van der Waals surface area contributed by atoms with Crippen molar-refractivity contribution >= 4 is 11.7 Å². The summed E-state index contributed by atoms with van der Waals surface area (Å²) in [5.74, 6) is 0.986. The molecule has 0 fully saturated rings. The number of nitrogens with two attached hydrogens (primary N) is 1. The second kappa shape index (κ2) is 4.83. The first-order valence-corrected chi connectivity index (χ1v) is 5.47. The van der Waals surface area contributed by atoms with Crippen LogP contribution in [0.4, 0.5) is 5.82 Å². The lowest BCUT2D eigenvalue weighted by atomic mass is 10.1. The van der Waals surface area contributed by atoms with E-state index in [0.29, 0.717) is 24.7 Å². The lowest BCUT2D eigenvalue weighted by molar-refractivity contribution is -0.121. The molecule has 1 aliphatic rings. The van der Waals surface area contributed by atoms with Crippen LogP contribution in [-0.4, -0.2) is 16.1 Å². The van der Waals surface area contributed by atoms with Gasteiger partial charge in [0, 0.05) is 18.5 Å². The van der Waals surface area contributed by atoms with Crippen LogP contribution in [0.1, 0.15) is 24.8 Å². The number of nitrogens with one attached hydrogen (secondary N) is 2. The Bertz CT molecular complexity index is 396. The van der Waals surface area contributed by atoms with Crippen molar-refractivity contribution in [3.05, 3.63) is 23.9 Å². The number of anilines is 1. The molecule has 5 nitrogen and oxygen atoms in total. The van der Waals surface area contributed by atoms with Gasteiger partial charge in [-0.15, -0.1) is 0 Å². The van der Waals surface area contributed by atoms with Crippen molar-refractivity contribution in [1.82, 2.24) is 15.5 Å². The zero-order valence-corrected chi connectivity index (χ0v) is 9.07. The van der Waals surface area contributed by atoms with Gasteiger partial charge in [0.25, 0.3) is 0 Å². The first-order valence-electron chi connectivity index (χ1n) is 5.47. The number of aromatic nitrogens is 2. The van der Waals surface area contributed by atoms with Gasteiger partial charge in [-0.1, -0.05) is 12.2 Å². The molecule has 1 aromatic rings. The number of hydrogen-bond donors (Lipinski definition) is 3. The summed E-state index contributed by atoms with van der Waals surface area (Å²) < 4.78 is 0. The average molecular weight is 220 g/mol. The fourth-order valence-electron chi connectivity index (χ4n) is 1.83. The normalized spacial score (nSPS) is 18.9. The Morgan fingerprint density at radius 3 is 3.19 bits per heavy atom. The summed E-state index contributed by atoms with van der Waals surface area (Å²) in [4.78, 5) is 11.6. The van der Waals surface area contributed by atoms with Gasteiger partial charge in [-0.05, 0) is 18.8 Å². The van der Waals surface area contributed by atoms with Gasteiger partial charge in [0.2, 0.25) is 5.91 Å².